The highest BCUT2D eigenvalue weighted by atomic mass is 79.9. The van der Waals surface area contributed by atoms with Gasteiger partial charge in [-0.1, -0.05) is 34.5 Å². The third-order valence-electron chi connectivity index (χ3n) is 2.56. The van der Waals surface area contributed by atoms with Crippen LogP contribution in [-0.4, -0.2) is 6.54 Å². The Hall–Kier alpha value is -0.0500. The van der Waals surface area contributed by atoms with Crippen molar-refractivity contribution < 1.29 is 0 Å². The van der Waals surface area contributed by atoms with E-state index in [2.05, 4.69) is 45.5 Å². The summed E-state index contributed by atoms with van der Waals surface area (Å²) in [4.78, 5) is 0. The van der Waals surface area contributed by atoms with Crippen LogP contribution in [0.1, 0.15) is 30.9 Å². The molecule has 1 atom stereocenters. The summed E-state index contributed by atoms with van der Waals surface area (Å²) >= 11 is 3.50. The van der Waals surface area contributed by atoms with Gasteiger partial charge in [-0.15, -0.1) is 12.4 Å². The normalized spacial score (nSPS) is 21.4. The Morgan fingerprint density at radius 2 is 2.14 bits per heavy atom. The monoisotopic (exact) mass is 275 g/mol. The molecule has 0 aromatic heterocycles. The van der Waals surface area contributed by atoms with Crippen molar-refractivity contribution in [2.75, 3.05) is 6.54 Å². The molecule has 0 radical (unpaired) electrons. The van der Waals surface area contributed by atoms with Gasteiger partial charge in [0, 0.05) is 10.5 Å². The molecule has 0 saturated carbocycles. The molecule has 0 unspecified atom stereocenters. The van der Waals surface area contributed by atoms with Crippen LogP contribution in [0.3, 0.4) is 0 Å². The van der Waals surface area contributed by atoms with Gasteiger partial charge < -0.3 is 5.32 Å². The SMILES string of the molecule is Brc1cccc([C@@H]2CCCCN2)c1.Cl. The molecule has 1 aliphatic rings. The van der Waals surface area contributed by atoms with Crippen molar-refractivity contribution in [1.82, 2.24) is 5.32 Å². The number of nitrogens with one attached hydrogen (secondary N) is 1. The van der Waals surface area contributed by atoms with Crippen LogP contribution in [0.5, 0.6) is 0 Å². The minimum Gasteiger partial charge on any atom is -0.310 e. The summed E-state index contributed by atoms with van der Waals surface area (Å²) in [6, 6.07) is 9.17. The molecule has 0 amide bonds. The van der Waals surface area contributed by atoms with Crippen LogP contribution in [0.25, 0.3) is 0 Å². The van der Waals surface area contributed by atoms with Gasteiger partial charge in [-0.2, -0.15) is 0 Å². The lowest BCUT2D eigenvalue weighted by atomic mass is 9.98. The molecule has 78 valence electrons. The quantitative estimate of drug-likeness (QED) is 0.825. The van der Waals surface area contributed by atoms with Crippen molar-refractivity contribution in [2.45, 2.75) is 25.3 Å². The van der Waals surface area contributed by atoms with Crippen LogP contribution in [-0.2, 0) is 0 Å². The first-order chi connectivity index (χ1) is 6.36. The first kappa shape index (κ1) is 12.0. The zero-order valence-corrected chi connectivity index (χ0v) is 10.4. The van der Waals surface area contributed by atoms with Crippen LogP contribution in [0.15, 0.2) is 28.7 Å². The Labute approximate surface area is 99.8 Å². The molecule has 1 nitrogen and oxygen atoms in total. The molecule has 1 N–H and O–H groups in total. The molecule has 14 heavy (non-hydrogen) atoms. The van der Waals surface area contributed by atoms with Crippen molar-refractivity contribution in [2.24, 2.45) is 0 Å². The lowest BCUT2D eigenvalue weighted by molar-refractivity contribution is 0.412. The van der Waals surface area contributed by atoms with Crippen LogP contribution in [0, 0.1) is 0 Å². The van der Waals surface area contributed by atoms with Gasteiger partial charge in [0.15, 0.2) is 0 Å². The zero-order valence-electron chi connectivity index (χ0n) is 8.00. The van der Waals surface area contributed by atoms with Gasteiger partial charge in [0.25, 0.3) is 0 Å². The summed E-state index contributed by atoms with van der Waals surface area (Å²) in [6.07, 6.45) is 3.95. The minimum atomic E-state index is 0. The molecule has 1 aliphatic heterocycles. The van der Waals surface area contributed by atoms with E-state index in [1.54, 1.807) is 0 Å². The molecule has 1 aromatic carbocycles. The van der Waals surface area contributed by atoms with E-state index in [4.69, 9.17) is 0 Å². The first-order valence-corrected chi connectivity index (χ1v) is 5.64. The Kier molecular flexibility index (Phi) is 4.93. The zero-order chi connectivity index (χ0) is 9.10. The van der Waals surface area contributed by atoms with Crippen molar-refractivity contribution in [3.63, 3.8) is 0 Å². The molecular weight excluding hydrogens is 261 g/mol. The van der Waals surface area contributed by atoms with E-state index in [0.717, 1.165) is 6.54 Å². The highest BCUT2D eigenvalue weighted by molar-refractivity contribution is 9.10. The number of piperidine rings is 1. The highest BCUT2D eigenvalue weighted by Crippen LogP contribution is 2.24. The summed E-state index contributed by atoms with van der Waals surface area (Å²) in [7, 11) is 0. The van der Waals surface area contributed by atoms with Gasteiger partial charge in [0.2, 0.25) is 0 Å². The summed E-state index contributed by atoms with van der Waals surface area (Å²) in [6.45, 7) is 1.16. The van der Waals surface area contributed by atoms with Gasteiger partial charge in [-0.25, -0.2) is 0 Å². The number of rotatable bonds is 1. The second-order valence-corrected chi connectivity index (χ2v) is 4.47. The van der Waals surface area contributed by atoms with Crippen LogP contribution >= 0.6 is 28.3 Å². The third-order valence-corrected chi connectivity index (χ3v) is 3.05. The fourth-order valence-electron chi connectivity index (χ4n) is 1.86. The predicted octanol–water partition coefficient (Wildman–Crippen LogP) is 3.69. The summed E-state index contributed by atoms with van der Waals surface area (Å²) < 4.78 is 1.18. The highest BCUT2D eigenvalue weighted by Gasteiger charge is 2.13. The maximum atomic E-state index is 3.54. The largest absolute Gasteiger partial charge is 0.310 e. The van der Waals surface area contributed by atoms with Crippen molar-refractivity contribution in [3.05, 3.63) is 34.3 Å². The van der Waals surface area contributed by atoms with E-state index in [0.29, 0.717) is 6.04 Å². The predicted molar refractivity (Wildman–Crippen MR) is 66.0 cm³/mol. The Morgan fingerprint density at radius 1 is 1.29 bits per heavy atom. The fraction of sp³-hybridized carbons (Fsp3) is 0.455. The standard InChI is InChI=1S/C11H14BrN.ClH/c12-10-5-3-4-9(8-10)11-6-1-2-7-13-11;/h3-5,8,11,13H,1-2,6-7H2;1H/t11-;/m0./s1. The lowest BCUT2D eigenvalue weighted by Gasteiger charge is -2.23. The average Bonchev–Trinajstić information content (AvgIpc) is 2.19. The Balaban J connectivity index is 0.000000980. The van der Waals surface area contributed by atoms with Crippen molar-refractivity contribution in [1.29, 1.82) is 0 Å². The van der Waals surface area contributed by atoms with Crippen molar-refractivity contribution in [3.8, 4) is 0 Å². The van der Waals surface area contributed by atoms with E-state index in [1.807, 2.05) is 0 Å². The third kappa shape index (κ3) is 2.97. The molecule has 0 spiro atoms. The Bertz CT molecular complexity index is 284. The smallest absolute Gasteiger partial charge is 0.0320 e. The van der Waals surface area contributed by atoms with Gasteiger partial charge in [-0.05, 0) is 37.1 Å². The molecule has 1 saturated heterocycles. The van der Waals surface area contributed by atoms with Crippen LogP contribution in [0.2, 0.25) is 0 Å². The van der Waals surface area contributed by atoms with Gasteiger partial charge in [0.1, 0.15) is 0 Å². The van der Waals surface area contributed by atoms with E-state index < -0.39 is 0 Å². The molecule has 1 heterocycles. The number of hydrogen-bond donors (Lipinski definition) is 1. The summed E-state index contributed by atoms with van der Waals surface area (Å²) in [5, 5.41) is 3.54. The number of hydrogen-bond acceptors (Lipinski definition) is 1. The molecule has 0 bridgehead atoms. The molecular formula is C11H15BrClN. The molecule has 1 aromatic rings. The molecule has 0 aliphatic carbocycles. The molecule has 1 fully saturated rings. The van der Waals surface area contributed by atoms with Gasteiger partial charge >= 0.3 is 0 Å². The average molecular weight is 277 g/mol. The van der Waals surface area contributed by atoms with E-state index in [1.165, 1.54) is 29.3 Å². The summed E-state index contributed by atoms with van der Waals surface area (Å²) in [5.74, 6) is 0. The minimum absolute atomic E-state index is 0. The molecule has 3 heteroatoms. The number of halogens is 2. The second-order valence-electron chi connectivity index (χ2n) is 3.56. The fourth-order valence-corrected chi connectivity index (χ4v) is 2.28. The van der Waals surface area contributed by atoms with E-state index >= 15 is 0 Å². The van der Waals surface area contributed by atoms with Crippen molar-refractivity contribution >= 4 is 28.3 Å². The summed E-state index contributed by atoms with van der Waals surface area (Å²) in [5.41, 5.74) is 1.41. The maximum Gasteiger partial charge on any atom is 0.0320 e. The topological polar surface area (TPSA) is 12.0 Å². The van der Waals surface area contributed by atoms with Gasteiger partial charge in [0.05, 0.1) is 0 Å². The first-order valence-electron chi connectivity index (χ1n) is 4.85. The lowest BCUT2D eigenvalue weighted by Crippen LogP contribution is -2.26. The Morgan fingerprint density at radius 3 is 2.79 bits per heavy atom. The maximum absolute atomic E-state index is 3.54. The van der Waals surface area contributed by atoms with E-state index in [-0.39, 0.29) is 12.4 Å². The van der Waals surface area contributed by atoms with Gasteiger partial charge in [-0.3, -0.25) is 0 Å². The number of benzene rings is 1. The van der Waals surface area contributed by atoms with Crippen LogP contribution in [0.4, 0.5) is 0 Å². The van der Waals surface area contributed by atoms with Crippen LogP contribution < -0.4 is 5.32 Å². The second kappa shape index (κ2) is 5.74. The molecule has 2 rings (SSSR count). The van der Waals surface area contributed by atoms with E-state index in [9.17, 15) is 0 Å².